The number of benzene rings is 1. The minimum absolute atomic E-state index is 0.0842. The lowest BCUT2D eigenvalue weighted by Crippen LogP contribution is -2.38. The van der Waals surface area contributed by atoms with Gasteiger partial charge in [-0.25, -0.2) is 4.98 Å². The average molecular weight is 334 g/mol. The predicted octanol–water partition coefficient (Wildman–Crippen LogP) is 2.79. The number of aromatic nitrogens is 2. The van der Waals surface area contributed by atoms with Crippen molar-refractivity contribution in [2.45, 2.75) is 31.3 Å². The third-order valence-electron chi connectivity index (χ3n) is 4.39. The van der Waals surface area contributed by atoms with Gasteiger partial charge in [0, 0.05) is 24.0 Å². The highest BCUT2D eigenvalue weighted by atomic mass is 35.5. The van der Waals surface area contributed by atoms with Crippen LogP contribution in [0.4, 0.5) is 0 Å². The number of rotatable bonds is 3. The first-order valence-electron chi connectivity index (χ1n) is 7.60. The van der Waals surface area contributed by atoms with E-state index in [-0.39, 0.29) is 24.8 Å². The predicted molar refractivity (Wildman–Crippen MR) is 83.9 cm³/mol. The van der Waals surface area contributed by atoms with Gasteiger partial charge in [0.15, 0.2) is 11.5 Å². The van der Waals surface area contributed by atoms with Gasteiger partial charge in [-0.2, -0.15) is 0 Å². The maximum Gasteiger partial charge on any atom is 0.251 e. The average Bonchev–Trinajstić information content (AvgIpc) is 3.27. The number of imidazole rings is 1. The number of hydrogen-bond donors (Lipinski definition) is 1. The quantitative estimate of drug-likeness (QED) is 0.938. The fourth-order valence-electron chi connectivity index (χ4n) is 3.28. The molecule has 1 aromatic carbocycles. The van der Waals surface area contributed by atoms with Crippen LogP contribution in [-0.2, 0) is 0 Å². The molecular formula is C16H16ClN3O3. The maximum atomic E-state index is 12.6. The van der Waals surface area contributed by atoms with Gasteiger partial charge in [0.25, 0.3) is 5.91 Å². The van der Waals surface area contributed by atoms with E-state index in [2.05, 4.69) is 14.9 Å². The molecule has 1 aliphatic carbocycles. The topological polar surface area (TPSA) is 65.4 Å². The second kappa shape index (κ2) is 5.77. The van der Waals surface area contributed by atoms with E-state index in [0.29, 0.717) is 22.1 Å². The monoisotopic (exact) mass is 333 g/mol. The standard InChI is InChI=1S/C16H16ClN3O3/c17-11-6-10(7-14-15(11)23-9-22-14)16(21)19-12-2-1-3-13(12)20-5-4-18-8-20/h4-8,12-13H,1-3,9H2,(H,19,21)/t12-,13+/m1/s1. The van der Waals surface area contributed by atoms with Gasteiger partial charge < -0.3 is 19.4 Å². The molecule has 0 bridgehead atoms. The van der Waals surface area contributed by atoms with Gasteiger partial charge in [0.2, 0.25) is 6.79 Å². The van der Waals surface area contributed by atoms with Crippen molar-refractivity contribution in [3.05, 3.63) is 41.4 Å². The van der Waals surface area contributed by atoms with Gasteiger partial charge in [0.1, 0.15) is 0 Å². The van der Waals surface area contributed by atoms with Crippen LogP contribution in [0.3, 0.4) is 0 Å². The molecule has 1 N–H and O–H groups in total. The molecule has 23 heavy (non-hydrogen) atoms. The molecule has 4 rings (SSSR count). The number of fused-ring (bicyclic) bond motifs is 1. The molecule has 1 amide bonds. The molecule has 0 saturated heterocycles. The summed E-state index contributed by atoms with van der Waals surface area (Å²) in [6, 6.07) is 3.61. The highest BCUT2D eigenvalue weighted by molar-refractivity contribution is 6.32. The van der Waals surface area contributed by atoms with Crippen LogP contribution in [0.15, 0.2) is 30.9 Å². The second-order valence-electron chi connectivity index (χ2n) is 5.78. The van der Waals surface area contributed by atoms with Gasteiger partial charge in [0.05, 0.1) is 17.4 Å². The Morgan fingerprint density at radius 2 is 2.26 bits per heavy atom. The van der Waals surface area contributed by atoms with Crippen molar-refractivity contribution < 1.29 is 14.3 Å². The second-order valence-corrected chi connectivity index (χ2v) is 6.19. The summed E-state index contributed by atoms with van der Waals surface area (Å²) in [5, 5.41) is 3.50. The molecule has 7 heteroatoms. The number of carbonyl (C=O) groups excluding carboxylic acids is 1. The fourth-order valence-corrected chi connectivity index (χ4v) is 3.55. The molecule has 2 atom stereocenters. The van der Waals surface area contributed by atoms with Crippen LogP contribution >= 0.6 is 11.6 Å². The summed E-state index contributed by atoms with van der Waals surface area (Å²) in [5.41, 5.74) is 0.482. The van der Waals surface area contributed by atoms with Gasteiger partial charge in [-0.15, -0.1) is 0 Å². The van der Waals surface area contributed by atoms with Gasteiger partial charge >= 0.3 is 0 Å². The molecule has 1 aromatic heterocycles. The number of carbonyl (C=O) groups is 1. The van der Waals surface area contributed by atoms with Gasteiger partial charge in [-0.3, -0.25) is 4.79 Å². The third-order valence-corrected chi connectivity index (χ3v) is 4.67. The number of ether oxygens (including phenoxy) is 2. The zero-order valence-electron chi connectivity index (χ0n) is 12.4. The molecule has 1 aliphatic heterocycles. The van der Waals surface area contributed by atoms with Crippen LogP contribution < -0.4 is 14.8 Å². The Morgan fingerprint density at radius 3 is 3.09 bits per heavy atom. The lowest BCUT2D eigenvalue weighted by Gasteiger charge is -2.22. The molecule has 2 heterocycles. The van der Waals surface area contributed by atoms with E-state index in [4.69, 9.17) is 21.1 Å². The summed E-state index contributed by atoms with van der Waals surface area (Å²) in [6.45, 7) is 0.130. The fraction of sp³-hybridized carbons (Fsp3) is 0.375. The molecule has 1 fully saturated rings. The van der Waals surface area contributed by atoms with Crippen LogP contribution in [0, 0.1) is 0 Å². The van der Waals surface area contributed by atoms with E-state index in [9.17, 15) is 4.79 Å². The Kier molecular flexibility index (Phi) is 3.61. The van der Waals surface area contributed by atoms with Crippen molar-refractivity contribution in [2.75, 3.05) is 6.79 Å². The molecule has 6 nitrogen and oxygen atoms in total. The summed E-state index contributed by atoms with van der Waals surface area (Å²) in [5.74, 6) is 0.864. The molecular weight excluding hydrogens is 318 g/mol. The molecule has 0 unspecified atom stereocenters. The van der Waals surface area contributed by atoms with E-state index in [1.165, 1.54) is 0 Å². The number of amides is 1. The molecule has 0 spiro atoms. The van der Waals surface area contributed by atoms with Crippen LogP contribution in [0.2, 0.25) is 5.02 Å². The summed E-state index contributed by atoms with van der Waals surface area (Å²) < 4.78 is 12.6. The lowest BCUT2D eigenvalue weighted by molar-refractivity contribution is 0.0928. The number of nitrogens with one attached hydrogen (secondary N) is 1. The molecule has 120 valence electrons. The van der Waals surface area contributed by atoms with Crippen molar-refractivity contribution in [3.8, 4) is 11.5 Å². The Morgan fingerprint density at radius 1 is 1.35 bits per heavy atom. The zero-order valence-corrected chi connectivity index (χ0v) is 13.1. The molecule has 0 radical (unpaired) electrons. The van der Waals surface area contributed by atoms with Crippen molar-refractivity contribution in [2.24, 2.45) is 0 Å². The van der Waals surface area contributed by atoms with Crippen LogP contribution in [0.1, 0.15) is 35.7 Å². The van der Waals surface area contributed by atoms with E-state index in [1.54, 1.807) is 24.7 Å². The lowest BCUT2D eigenvalue weighted by atomic mass is 10.1. The van der Waals surface area contributed by atoms with Crippen LogP contribution in [0.5, 0.6) is 11.5 Å². The largest absolute Gasteiger partial charge is 0.454 e. The Bertz CT molecular complexity index is 732. The Balaban J connectivity index is 1.53. The summed E-state index contributed by atoms with van der Waals surface area (Å²) in [7, 11) is 0. The number of nitrogens with zero attached hydrogens (tertiary/aromatic N) is 2. The van der Waals surface area contributed by atoms with E-state index in [1.807, 2.05) is 6.20 Å². The minimum atomic E-state index is -0.151. The van der Waals surface area contributed by atoms with Crippen LogP contribution in [-0.4, -0.2) is 28.3 Å². The normalized spacial score (nSPS) is 22.3. The molecule has 1 saturated carbocycles. The summed E-state index contributed by atoms with van der Waals surface area (Å²) in [6.07, 6.45) is 8.56. The van der Waals surface area contributed by atoms with Gasteiger partial charge in [-0.1, -0.05) is 11.6 Å². The Hall–Kier alpha value is -2.21. The Labute approximate surface area is 138 Å². The van der Waals surface area contributed by atoms with Crippen LogP contribution in [0.25, 0.3) is 0 Å². The van der Waals surface area contributed by atoms with Crippen molar-refractivity contribution >= 4 is 17.5 Å². The number of halogens is 1. The summed E-state index contributed by atoms with van der Waals surface area (Å²) >= 11 is 6.15. The first kappa shape index (κ1) is 14.4. The highest BCUT2D eigenvalue weighted by Crippen LogP contribution is 2.40. The molecule has 2 aliphatic rings. The van der Waals surface area contributed by atoms with E-state index >= 15 is 0 Å². The first-order chi connectivity index (χ1) is 11.2. The summed E-state index contributed by atoms with van der Waals surface area (Å²) in [4.78, 5) is 16.7. The van der Waals surface area contributed by atoms with Gasteiger partial charge in [-0.05, 0) is 31.4 Å². The van der Waals surface area contributed by atoms with Crippen molar-refractivity contribution in [1.82, 2.24) is 14.9 Å². The van der Waals surface area contributed by atoms with E-state index < -0.39 is 0 Å². The minimum Gasteiger partial charge on any atom is -0.454 e. The zero-order chi connectivity index (χ0) is 15.8. The smallest absolute Gasteiger partial charge is 0.251 e. The van der Waals surface area contributed by atoms with E-state index in [0.717, 1.165) is 19.3 Å². The SMILES string of the molecule is O=C(N[C@@H]1CCC[C@@H]1n1ccnc1)c1cc(Cl)c2c(c1)OCO2. The first-order valence-corrected chi connectivity index (χ1v) is 7.97. The maximum absolute atomic E-state index is 12.6. The number of hydrogen-bond acceptors (Lipinski definition) is 4. The third kappa shape index (κ3) is 2.63. The molecule has 2 aromatic rings. The van der Waals surface area contributed by atoms with Crippen molar-refractivity contribution in [3.63, 3.8) is 0 Å². The highest BCUT2D eigenvalue weighted by Gasteiger charge is 2.30. The van der Waals surface area contributed by atoms with Crippen molar-refractivity contribution in [1.29, 1.82) is 0 Å².